The van der Waals surface area contributed by atoms with Gasteiger partial charge in [-0.1, -0.05) is 0 Å². The standard InChI is InChI=1S/C17H11F6N5O2/c18-16(19,20)10-6-11(17(21,22)23)8-12(7-10)25-14(29)9-28-15(30)3-2-13(26-28)27-5-1-4-24-27/h1-8H,9H2,(H,25,29). The van der Waals surface area contributed by atoms with E-state index < -0.39 is 47.2 Å². The number of hydrogen-bond acceptors (Lipinski definition) is 4. The fraction of sp³-hybridized carbons (Fsp3) is 0.176. The fourth-order valence-corrected chi connectivity index (χ4v) is 2.44. The van der Waals surface area contributed by atoms with Crippen molar-refractivity contribution in [2.24, 2.45) is 0 Å². The Morgan fingerprint density at radius 2 is 1.63 bits per heavy atom. The lowest BCUT2D eigenvalue weighted by Crippen LogP contribution is -2.30. The molecule has 1 aromatic carbocycles. The molecule has 0 spiro atoms. The molecule has 0 saturated heterocycles. The van der Waals surface area contributed by atoms with E-state index in [-0.39, 0.29) is 11.9 Å². The molecule has 0 radical (unpaired) electrons. The van der Waals surface area contributed by atoms with E-state index in [4.69, 9.17) is 0 Å². The molecule has 3 rings (SSSR count). The SMILES string of the molecule is O=C(Cn1nc(-n2cccn2)ccc1=O)Nc1cc(C(F)(F)F)cc(C(F)(F)F)c1. The van der Waals surface area contributed by atoms with Gasteiger partial charge >= 0.3 is 12.4 Å². The number of benzene rings is 1. The van der Waals surface area contributed by atoms with Crippen molar-refractivity contribution in [1.29, 1.82) is 0 Å². The number of aromatic nitrogens is 4. The number of carbonyl (C=O) groups is 1. The Morgan fingerprint density at radius 3 is 2.17 bits per heavy atom. The van der Waals surface area contributed by atoms with E-state index in [1.807, 2.05) is 5.32 Å². The number of nitrogens with zero attached hydrogens (tertiary/aromatic N) is 4. The lowest BCUT2D eigenvalue weighted by atomic mass is 10.1. The van der Waals surface area contributed by atoms with Crippen LogP contribution in [0.25, 0.3) is 5.82 Å². The van der Waals surface area contributed by atoms with Crippen LogP contribution in [-0.4, -0.2) is 25.5 Å². The molecule has 0 saturated carbocycles. The van der Waals surface area contributed by atoms with E-state index in [9.17, 15) is 35.9 Å². The number of carbonyl (C=O) groups excluding carboxylic acids is 1. The monoisotopic (exact) mass is 431 g/mol. The highest BCUT2D eigenvalue weighted by Gasteiger charge is 2.37. The Bertz CT molecular complexity index is 1090. The van der Waals surface area contributed by atoms with Crippen molar-refractivity contribution in [3.63, 3.8) is 0 Å². The second-order valence-electron chi connectivity index (χ2n) is 5.98. The number of nitrogens with one attached hydrogen (secondary N) is 1. The molecule has 13 heteroatoms. The Balaban J connectivity index is 1.86. The minimum Gasteiger partial charge on any atom is -0.324 e. The molecule has 3 aromatic rings. The van der Waals surface area contributed by atoms with Gasteiger partial charge in [0.05, 0.1) is 11.1 Å². The third-order valence-electron chi connectivity index (χ3n) is 3.76. The first-order chi connectivity index (χ1) is 13.9. The Kier molecular flexibility index (Phi) is 5.37. The van der Waals surface area contributed by atoms with Crippen LogP contribution >= 0.6 is 0 Å². The molecule has 0 aliphatic heterocycles. The minimum atomic E-state index is -5.06. The first-order valence-electron chi connectivity index (χ1n) is 8.11. The average Bonchev–Trinajstić information content (AvgIpc) is 3.16. The van der Waals surface area contributed by atoms with Crippen LogP contribution in [0.2, 0.25) is 0 Å². The summed E-state index contributed by atoms with van der Waals surface area (Å²) in [6.45, 7) is -0.745. The maximum atomic E-state index is 12.9. The van der Waals surface area contributed by atoms with Crippen LogP contribution in [-0.2, 0) is 23.7 Å². The van der Waals surface area contributed by atoms with Crippen LogP contribution in [0.1, 0.15) is 11.1 Å². The highest BCUT2D eigenvalue weighted by molar-refractivity contribution is 5.90. The first-order valence-corrected chi connectivity index (χ1v) is 8.11. The molecule has 2 heterocycles. The third-order valence-corrected chi connectivity index (χ3v) is 3.76. The van der Waals surface area contributed by atoms with Gasteiger partial charge in [0.2, 0.25) is 5.91 Å². The number of anilines is 1. The summed E-state index contributed by atoms with van der Waals surface area (Å²) in [6, 6.07) is 4.66. The first kappa shape index (κ1) is 21.1. The zero-order valence-corrected chi connectivity index (χ0v) is 14.7. The molecule has 1 amide bonds. The molecule has 0 atom stereocenters. The summed E-state index contributed by atoms with van der Waals surface area (Å²) in [5, 5.41) is 9.72. The summed E-state index contributed by atoms with van der Waals surface area (Å²) >= 11 is 0. The van der Waals surface area contributed by atoms with Gasteiger partial charge in [-0.2, -0.15) is 31.4 Å². The maximum Gasteiger partial charge on any atom is 0.416 e. The van der Waals surface area contributed by atoms with E-state index in [2.05, 4.69) is 10.2 Å². The molecule has 1 N–H and O–H groups in total. The smallest absolute Gasteiger partial charge is 0.324 e. The summed E-state index contributed by atoms with van der Waals surface area (Å²) in [7, 11) is 0. The summed E-state index contributed by atoms with van der Waals surface area (Å²) < 4.78 is 79.4. The lowest BCUT2D eigenvalue weighted by molar-refractivity contribution is -0.143. The van der Waals surface area contributed by atoms with Crippen LogP contribution < -0.4 is 10.9 Å². The van der Waals surface area contributed by atoms with Crippen LogP contribution in [0.4, 0.5) is 32.0 Å². The van der Waals surface area contributed by atoms with Gasteiger partial charge in [0.1, 0.15) is 6.54 Å². The van der Waals surface area contributed by atoms with Crippen molar-refractivity contribution in [2.75, 3.05) is 5.32 Å². The largest absolute Gasteiger partial charge is 0.416 e. The maximum absolute atomic E-state index is 12.9. The predicted octanol–water partition coefficient (Wildman–Crippen LogP) is 3.11. The fourth-order valence-electron chi connectivity index (χ4n) is 2.44. The van der Waals surface area contributed by atoms with Crippen LogP contribution in [0.3, 0.4) is 0 Å². The van der Waals surface area contributed by atoms with Crippen molar-refractivity contribution in [3.8, 4) is 5.82 Å². The predicted molar refractivity (Wildman–Crippen MR) is 90.7 cm³/mol. The molecule has 0 bridgehead atoms. The quantitative estimate of drug-likeness (QED) is 0.644. The summed E-state index contributed by atoms with van der Waals surface area (Å²) in [5.41, 5.74) is -4.59. The van der Waals surface area contributed by atoms with Crippen molar-refractivity contribution in [2.45, 2.75) is 18.9 Å². The van der Waals surface area contributed by atoms with Crippen LogP contribution in [0.5, 0.6) is 0 Å². The van der Waals surface area contributed by atoms with Gasteiger partial charge in [-0.3, -0.25) is 9.59 Å². The summed E-state index contributed by atoms with van der Waals surface area (Å²) in [6.07, 6.45) is -7.16. The molecule has 30 heavy (non-hydrogen) atoms. The highest BCUT2D eigenvalue weighted by Crippen LogP contribution is 2.37. The number of halogens is 6. The number of amides is 1. The van der Waals surface area contributed by atoms with Crippen LogP contribution in [0, 0.1) is 0 Å². The summed E-state index contributed by atoms with van der Waals surface area (Å²) in [5.74, 6) is -0.875. The third kappa shape index (κ3) is 4.85. The zero-order chi connectivity index (χ0) is 22.1. The van der Waals surface area contributed by atoms with Crippen LogP contribution in [0.15, 0.2) is 53.6 Å². The van der Waals surface area contributed by atoms with E-state index >= 15 is 0 Å². The van der Waals surface area contributed by atoms with Gasteiger partial charge in [-0.25, -0.2) is 9.36 Å². The lowest BCUT2D eigenvalue weighted by Gasteiger charge is -2.15. The van der Waals surface area contributed by atoms with Gasteiger partial charge in [0.25, 0.3) is 5.56 Å². The van der Waals surface area contributed by atoms with Gasteiger partial charge in [-0.05, 0) is 30.3 Å². The Hall–Kier alpha value is -3.64. The van der Waals surface area contributed by atoms with E-state index in [0.717, 1.165) is 6.07 Å². The molecule has 0 aliphatic carbocycles. The van der Waals surface area contributed by atoms with Crippen molar-refractivity contribution >= 4 is 11.6 Å². The Morgan fingerprint density at radius 1 is 1.00 bits per heavy atom. The van der Waals surface area contributed by atoms with Crippen molar-refractivity contribution < 1.29 is 31.1 Å². The molecular formula is C17H11F6N5O2. The molecule has 2 aromatic heterocycles. The zero-order valence-electron chi connectivity index (χ0n) is 14.7. The molecule has 7 nitrogen and oxygen atoms in total. The van der Waals surface area contributed by atoms with Gasteiger partial charge in [0, 0.05) is 24.1 Å². The highest BCUT2D eigenvalue weighted by atomic mass is 19.4. The van der Waals surface area contributed by atoms with E-state index in [0.29, 0.717) is 16.8 Å². The van der Waals surface area contributed by atoms with Crippen molar-refractivity contribution in [1.82, 2.24) is 19.6 Å². The summed E-state index contributed by atoms with van der Waals surface area (Å²) in [4.78, 5) is 24.1. The molecule has 0 aliphatic rings. The molecule has 158 valence electrons. The number of rotatable bonds is 4. The van der Waals surface area contributed by atoms with Crippen molar-refractivity contribution in [3.05, 3.63) is 70.3 Å². The van der Waals surface area contributed by atoms with E-state index in [1.165, 1.54) is 23.1 Å². The normalized spacial score (nSPS) is 12.1. The second kappa shape index (κ2) is 7.65. The topological polar surface area (TPSA) is 81.8 Å². The number of hydrogen-bond donors (Lipinski definition) is 1. The average molecular weight is 431 g/mol. The molecule has 0 unspecified atom stereocenters. The van der Waals surface area contributed by atoms with Gasteiger partial charge in [0.15, 0.2) is 5.82 Å². The second-order valence-corrected chi connectivity index (χ2v) is 5.98. The number of alkyl halides is 6. The minimum absolute atomic E-state index is 0.0603. The Labute approximate surface area is 163 Å². The molecule has 0 fully saturated rings. The van der Waals surface area contributed by atoms with E-state index in [1.54, 1.807) is 6.07 Å². The van der Waals surface area contributed by atoms with Gasteiger partial charge < -0.3 is 5.32 Å². The molecular weight excluding hydrogens is 420 g/mol. The van der Waals surface area contributed by atoms with Gasteiger partial charge in [-0.15, -0.1) is 5.10 Å².